The van der Waals surface area contributed by atoms with Crippen molar-refractivity contribution in [3.8, 4) is 0 Å². The molecule has 0 aliphatic carbocycles. The molecule has 2 heterocycles. The lowest BCUT2D eigenvalue weighted by Crippen LogP contribution is -2.35. The molecule has 0 aromatic carbocycles. The highest BCUT2D eigenvalue weighted by atomic mass is 16.4. The third kappa shape index (κ3) is 1.50. The average Bonchev–Trinajstić information content (AvgIpc) is 2.71. The molecular formula is C8H8N4O2. The van der Waals surface area contributed by atoms with Gasteiger partial charge in [-0.2, -0.15) is 0 Å². The monoisotopic (exact) mass is 192 g/mol. The first kappa shape index (κ1) is 8.52. The van der Waals surface area contributed by atoms with Gasteiger partial charge in [0.15, 0.2) is 0 Å². The van der Waals surface area contributed by atoms with E-state index in [1.165, 1.54) is 12.3 Å². The Bertz CT molecular complexity index is 391. The molecule has 1 aliphatic heterocycles. The first-order valence-electron chi connectivity index (χ1n) is 3.94. The van der Waals surface area contributed by atoms with E-state index in [0.717, 1.165) is 0 Å². The second kappa shape index (κ2) is 3.35. The summed E-state index contributed by atoms with van der Waals surface area (Å²) in [5.74, 6) is -1.04. The molecule has 14 heavy (non-hydrogen) atoms. The van der Waals surface area contributed by atoms with Crippen molar-refractivity contribution in [3.05, 3.63) is 36.4 Å². The van der Waals surface area contributed by atoms with Gasteiger partial charge >= 0.3 is 5.97 Å². The van der Waals surface area contributed by atoms with Crippen LogP contribution in [0.3, 0.4) is 0 Å². The van der Waals surface area contributed by atoms with E-state index in [0.29, 0.717) is 5.69 Å². The average molecular weight is 192 g/mol. The topological polar surface area (TPSA) is 77.5 Å². The number of hydrogen-bond donors (Lipinski definition) is 3. The minimum Gasteiger partial charge on any atom is -0.477 e. The van der Waals surface area contributed by atoms with Crippen LogP contribution < -0.4 is 16.0 Å². The van der Waals surface area contributed by atoms with E-state index in [9.17, 15) is 4.79 Å². The number of hydrazine groups is 2. The van der Waals surface area contributed by atoms with Gasteiger partial charge in [0.25, 0.3) is 0 Å². The SMILES string of the molecule is O=C(O)c1cc(N2C=CNN2)ccn1. The summed E-state index contributed by atoms with van der Waals surface area (Å²) in [5.41, 5.74) is 6.26. The fraction of sp³-hybridized carbons (Fsp3) is 0. The van der Waals surface area contributed by atoms with Gasteiger partial charge in [-0.25, -0.2) is 9.78 Å². The van der Waals surface area contributed by atoms with Crippen LogP contribution >= 0.6 is 0 Å². The predicted octanol–water partition coefficient (Wildman–Crippen LogP) is 0.0802. The van der Waals surface area contributed by atoms with Crippen LogP contribution in [-0.2, 0) is 0 Å². The van der Waals surface area contributed by atoms with E-state index >= 15 is 0 Å². The molecule has 0 fully saturated rings. The molecule has 1 aliphatic rings. The predicted molar refractivity (Wildman–Crippen MR) is 49.1 cm³/mol. The Kier molecular flexibility index (Phi) is 2.04. The van der Waals surface area contributed by atoms with Gasteiger partial charge in [0.05, 0.1) is 5.69 Å². The van der Waals surface area contributed by atoms with Crippen molar-refractivity contribution in [3.63, 3.8) is 0 Å². The molecule has 0 atom stereocenters. The fourth-order valence-electron chi connectivity index (χ4n) is 1.09. The third-order valence-electron chi connectivity index (χ3n) is 1.73. The largest absolute Gasteiger partial charge is 0.477 e. The Morgan fingerprint density at radius 1 is 1.57 bits per heavy atom. The molecular weight excluding hydrogens is 184 g/mol. The number of anilines is 1. The van der Waals surface area contributed by atoms with Crippen LogP contribution in [0.1, 0.15) is 10.5 Å². The van der Waals surface area contributed by atoms with E-state index in [1.807, 2.05) is 0 Å². The lowest BCUT2D eigenvalue weighted by molar-refractivity contribution is 0.0690. The Morgan fingerprint density at radius 3 is 3.07 bits per heavy atom. The molecule has 0 saturated heterocycles. The third-order valence-corrected chi connectivity index (χ3v) is 1.73. The standard InChI is InChI=1S/C8H8N4O2/c13-8(14)7-5-6(1-2-9-7)12-4-3-10-11-12/h1-5,10-11H,(H,13,14). The van der Waals surface area contributed by atoms with Crippen molar-refractivity contribution >= 4 is 11.7 Å². The second-order valence-corrected chi connectivity index (χ2v) is 2.65. The molecule has 0 unspecified atom stereocenters. The van der Waals surface area contributed by atoms with Gasteiger partial charge in [-0.3, -0.25) is 5.01 Å². The van der Waals surface area contributed by atoms with Crippen molar-refractivity contribution in [1.82, 2.24) is 15.9 Å². The molecule has 1 aromatic rings. The zero-order chi connectivity index (χ0) is 9.97. The highest BCUT2D eigenvalue weighted by molar-refractivity contribution is 5.86. The van der Waals surface area contributed by atoms with Gasteiger partial charge in [0.1, 0.15) is 5.69 Å². The molecule has 0 bridgehead atoms. The molecule has 3 N–H and O–H groups in total. The zero-order valence-electron chi connectivity index (χ0n) is 7.14. The van der Waals surface area contributed by atoms with Crippen molar-refractivity contribution in [2.75, 3.05) is 5.01 Å². The summed E-state index contributed by atoms with van der Waals surface area (Å²) >= 11 is 0. The minimum atomic E-state index is -1.04. The first-order valence-corrected chi connectivity index (χ1v) is 3.94. The maximum absolute atomic E-state index is 10.6. The molecule has 6 heteroatoms. The maximum Gasteiger partial charge on any atom is 0.354 e. The summed E-state index contributed by atoms with van der Waals surface area (Å²) in [5, 5.41) is 10.4. The quantitative estimate of drug-likeness (QED) is 0.616. The molecule has 72 valence electrons. The number of nitrogens with zero attached hydrogens (tertiary/aromatic N) is 2. The molecule has 0 radical (unpaired) electrons. The summed E-state index contributed by atoms with van der Waals surface area (Å²) < 4.78 is 0. The lowest BCUT2D eigenvalue weighted by Gasteiger charge is -2.14. The smallest absolute Gasteiger partial charge is 0.354 e. The summed E-state index contributed by atoms with van der Waals surface area (Å²) in [6.07, 6.45) is 4.88. The normalized spacial score (nSPS) is 14.1. The molecule has 0 spiro atoms. The van der Waals surface area contributed by atoms with Gasteiger partial charge in [-0.1, -0.05) is 0 Å². The Labute approximate surface area is 79.8 Å². The van der Waals surface area contributed by atoms with Crippen LogP contribution in [0.5, 0.6) is 0 Å². The number of pyridine rings is 1. The highest BCUT2D eigenvalue weighted by Crippen LogP contribution is 2.13. The lowest BCUT2D eigenvalue weighted by atomic mass is 10.3. The van der Waals surface area contributed by atoms with Gasteiger partial charge in [0, 0.05) is 18.6 Å². The van der Waals surface area contributed by atoms with Crippen molar-refractivity contribution in [2.45, 2.75) is 0 Å². The number of hydrogen-bond acceptors (Lipinski definition) is 5. The van der Waals surface area contributed by atoms with Crippen LogP contribution in [-0.4, -0.2) is 16.1 Å². The van der Waals surface area contributed by atoms with E-state index in [1.54, 1.807) is 23.5 Å². The van der Waals surface area contributed by atoms with Crippen LogP contribution in [0.4, 0.5) is 5.69 Å². The summed E-state index contributed by atoms with van der Waals surface area (Å²) in [6.45, 7) is 0. The van der Waals surface area contributed by atoms with Crippen LogP contribution in [0.2, 0.25) is 0 Å². The zero-order valence-corrected chi connectivity index (χ0v) is 7.14. The van der Waals surface area contributed by atoms with Crippen molar-refractivity contribution < 1.29 is 9.90 Å². The molecule has 1 aromatic heterocycles. The highest BCUT2D eigenvalue weighted by Gasteiger charge is 2.10. The number of carboxylic acids is 1. The van der Waals surface area contributed by atoms with Gasteiger partial charge in [0.2, 0.25) is 0 Å². The van der Waals surface area contributed by atoms with E-state index in [-0.39, 0.29) is 5.69 Å². The molecule has 2 rings (SSSR count). The number of carbonyl (C=O) groups is 1. The molecule has 6 nitrogen and oxygen atoms in total. The molecule has 0 amide bonds. The second-order valence-electron chi connectivity index (χ2n) is 2.65. The Hall–Kier alpha value is -2.08. The van der Waals surface area contributed by atoms with Crippen LogP contribution in [0.25, 0.3) is 0 Å². The summed E-state index contributed by atoms with van der Waals surface area (Å²) in [7, 11) is 0. The number of aromatic nitrogens is 1. The van der Waals surface area contributed by atoms with Crippen molar-refractivity contribution in [2.24, 2.45) is 0 Å². The van der Waals surface area contributed by atoms with E-state index in [2.05, 4.69) is 15.9 Å². The Balaban J connectivity index is 2.30. The van der Waals surface area contributed by atoms with Crippen molar-refractivity contribution in [1.29, 1.82) is 0 Å². The number of aromatic carboxylic acids is 1. The number of rotatable bonds is 2. The minimum absolute atomic E-state index is 0.0181. The van der Waals surface area contributed by atoms with Gasteiger partial charge in [-0.05, 0) is 12.1 Å². The van der Waals surface area contributed by atoms with Crippen LogP contribution in [0.15, 0.2) is 30.7 Å². The summed E-state index contributed by atoms with van der Waals surface area (Å²) in [6, 6.07) is 3.18. The molecule has 0 saturated carbocycles. The van der Waals surface area contributed by atoms with Crippen LogP contribution in [0, 0.1) is 0 Å². The number of carboxylic acid groups (broad SMARTS) is 1. The van der Waals surface area contributed by atoms with E-state index in [4.69, 9.17) is 5.11 Å². The summed E-state index contributed by atoms with van der Waals surface area (Å²) in [4.78, 5) is 14.3. The van der Waals surface area contributed by atoms with Gasteiger partial charge in [-0.15, -0.1) is 5.53 Å². The van der Waals surface area contributed by atoms with Gasteiger partial charge < -0.3 is 10.5 Å². The fourth-order valence-corrected chi connectivity index (χ4v) is 1.09. The number of nitrogens with one attached hydrogen (secondary N) is 2. The van der Waals surface area contributed by atoms with E-state index < -0.39 is 5.97 Å². The first-order chi connectivity index (χ1) is 6.77. The Morgan fingerprint density at radius 2 is 2.43 bits per heavy atom. The maximum atomic E-state index is 10.6.